The largest absolute Gasteiger partial charge is 0.393 e. The third-order valence-electron chi connectivity index (χ3n) is 1.86. The molecule has 0 aliphatic heterocycles. The fourth-order valence-corrected chi connectivity index (χ4v) is 1.48. The van der Waals surface area contributed by atoms with Gasteiger partial charge in [0.05, 0.1) is 6.10 Å². The van der Waals surface area contributed by atoms with Crippen LogP contribution in [0.3, 0.4) is 0 Å². The van der Waals surface area contributed by atoms with Crippen molar-refractivity contribution in [3.8, 4) is 0 Å². The van der Waals surface area contributed by atoms with Crippen molar-refractivity contribution in [2.75, 3.05) is 0 Å². The number of aliphatic hydroxyl groups excluding tert-OH is 1. The highest BCUT2D eigenvalue weighted by molar-refractivity contribution is 4.75. The third kappa shape index (κ3) is 1.94. The standard InChI is InChI=1S/C7H13FO/c1-5-2-6(8)4-7(9)3-5/h5-7,9H,2-4H2,1H3. The quantitative estimate of drug-likeness (QED) is 0.529. The molecule has 1 rings (SSSR count). The van der Waals surface area contributed by atoms with Crippen molar-refractivity contribution < 1.29 is 9.50 Å². The van der Waals surface area contributed by atoms with Crippen LogP contribution in [-0.2, 0) is 0 Å². The SMILES string of the molecule is CC1CC(O)CC(F)C1. The molecule has 3 unspecified atom stereocenters. The third-order valence-corrected chi connectivity index (χ3v) is 1.86. The van der Waals surface area contributed by atoms with Crippen LogP contribution >= 0.6 is 0 Å². The van der Waals surface area contributed by atoms with Gasteiger partial charge in [0.2, 0.25) is 0 Å². The molecule has 0 aromatic heterocycles. The van der Waals surface area contributed by atoms with Gasteiger partial charge in [0.15, 0.2) is 0 Å². The molecule has 0 heterocycles. The Morgan fingerprint density at radius 3 is 2.44 bits per heavy atom. The number of rotatable bonds is 0. The number of alkyl halides is 1. The molecule has 0 radical (unpaired) electrons. The van der Waals surface area contributed by atoms with Crippen LogP contribution in [0.5, 0.6) is 0 Å². The Balaban J connectivity index is 2.34. The van der Waals surface area contributed by atoms with Gasteiger partial charge in [0.25, 0.3) is 0 Å². The monoisotopic (exact) mass is 132 g/mol. The van der Waals surface area contributed by atoms with Gasteiger partial charge in [-0.1, -0.05) is 6.92 Å². The van der Waals surface area contributed by atoms with Crippen molar-refractivity contribution in [3.05, 3.63) is 0 Å². The van der Waals surface area contributed by atoms with E-state index in [9.17, 15) is 4.39 Å². The molecule has 0 saturated heterocycles. The van der Waals surface area contributed by atoms with E-state index in [1.54, 1.807) is 0 Å². The van der Waals surface area contributed by atoms with E-state index in [1.807, 2.05) is 6.92 Å². The number of halogens is 1. The van der Waals surface area contributed by atoms with Gasteiger partial charge in [-0.25, -0.2) is 4.39 Å². The van der Waals surface area contributed by atoms with Crippen LogP contribution in [0.4, 0.5) is 4.39 Å². The van der Waals surface area contributed by atoms with E-state index < -0.39 is 6.17 Å². The van der Waals surface area contributed by atoms with E-state index in [-0.39, 0.29) is 6.10 Å². The number of hydrogen-bond donors (Lipinski definition) is 1. The summed E-state index contributed by atoms with van der Waals surface area (Å²) in [5.41, 5.74) is 0. The Hall–Kier alpha value is -0.110. The van der Waals surface area contributed by atoms with Gasteiger partial charge in [0, 0.05) is 6.42 Å². The second kappa shape index (κ2) is 2.65. The molecular formula is C7H13FO. The van der Waals surface area contributed by atoms with Crippen LogP contribution in [0.25, 0.3) is 0 Å². The first kappa shape index (κ1) is 7.00. The van der Waals surface area contributed by atoms with Gasteiger partial charge in [-0.2, -0.15) is 0 Å². The predicted molar refractivity (Wildman–Crippen MR) is 33.9 cm³/mol. The highest BCUT2D eigenvalue weighted by atomic mass is 19.1. The lowest BCUT2D eigenvalue weighted by Gasteiger charge is -2.25. The second-order valence-electron chi connectivity index (χ2n) is 3.06. The fourth-order valence-electron chi connectivity index (χ4n) is 1.48. The van der Waals surface area contributed by atoms with Crippen molar-refractivity contribution in [1.29, 1.82) is 0 Å². The summed E-state index contributed by atoms with van der Waals surface area (Å²) in [6.07, 6.45) is 0.620. The van der Waals surface area contributed by atoms with E-state index in [2.05, 4.69) is 0 Å². The summed E-state index contributed by atoms with van der Waals surface area (Å²) >= 11 is 0. The Kier molecular flexibility index (Phi) is 2.06. The van der Waals surface area contributed by atoms with E-state index in [1.165, 1.54) is 0 Å². The van der Waals surface area contributed by atoms with Crippen LogP contribution in [0, 0.1) is 5.92 Å². The average Bonchev–Trinajstić information content (AvgIpc) is 1.59. The van der Waals surface area contributed by atoms with Gasteiger partial charge in [-0.15, -0.1) is 0 Å². The minimum Gasteiger partial charge on any atom is -0.393 e. The summed E-state index contributed by atoms with van der Waals surface area (Å²) in [5, 5.41) is 9.01. The lowest BCUT2D eigenvalue weighted by molar-refractivity contribution is 0.0589. The lowest BCUT2D eigenvalue weighted by Crippen LogP contribution is -2.25. The summed E-state index contributed by atoms with van der Waals surface area (Å²) in [6.45, 7) is 1.98. The molecule has 3 atom stereocenters. The minimum absolute atomic E-state index is 0.352. The lowest BCUT2D eigenvalue weighted by atomic mass is 9.87. The predicted octanol–water partition coefficient (Wildman–Crippen LogP) is 1.51. The summed E-state index contributed by atoms with van der Waals surface area (Å²) in [7, 11) is 0. The van der Waals surface area contributed by atoms with Gasteiger partial charge in [-0.05, 0) is 18.8 Å². The Morgan fingerprint density at radius 1 is 1.33 bits per heavy atom. The first-order valence-corrected chi connectivity index (χ1v) is 3.50. The maximum absolute atomic E-state index is 12.5. The Labute approximate surface area is 54.9 Å². The topological polar surface area (TPSA) is 20.2 Å². The zero-order valence-electron chi connectivity index (χ0n) is 5.68. The molecule has 0 bridgehead atoms. The van der Waals surface area contributed by atoms with Gasteiger partial charge >= 0.3 is 0 Å². The van der Waals surface area contributed by atoms with Crippen molar-refractivity contribution in [3.63, 3.8) is 0 Å². The summed E-state index contributed by atoms with van der Waals surface area (Å²) in [4.78, 5) is 0. The zero-order valence-corrected chi connectivity index (χ0v) is 5.68. The van der Waals surface area contributed by atoms with Crippen molar-refractivity contribution in [2.24, 2.45) is 5.92 Å². The summed E-state index contributed by atoms with van der Waals surface area (Å²) < 4.78 is 12.5. The molecule has 54 valence electrons. The first-order chi connectivity index (χ1) is 4.18. The zero-order chi connectivity index (χ0) is 6.85. The molecule has 9 heavy (non-hydrogen) atoms. The first-order valence-electron chi connectivity index (χ1n) is 3.50. The van der Waals surface area contributed by atoms with Crippen LogP contribution in [-0.4, -0.2) is 17.4 Å². The molecule has 1 aliphatic rings. The van der Waals surface area contributed by atoms with Crippen molar-refractivity contribution in [2.45, 2.75) is 38.5 Å². The highest BCUT2D eigenvalue weighted by Gasteiger charge is 2.24. The molecule has 1 saturated carbocycles. The minimum atomic E-state index is -0.760. The van der Waals surface area contributed by atoms with Gasteiger partial charge in [0.1, 0.15) is 6.17 Å². The van der Waals surface area contributed by atoms with Crippen molar-refractivity contribution >= 4 is 0 Å². The summed E-state index contributed by atoms with van der Waals surface area (Å²) in [5.74, 6) is 0.365. The van der Waals surface area contributed by atoms with Crippen LogP contribution in [0.1, 0.15) is 26.2 Å². The second-order valence-corrected chi connectivity index (χ2v) is 3.06. The average molecular weight is 132 g/mol. The Bertz CT molecular complexity index is 69.9. The van der Waals surface area contributed by atoms with Crippen molar-refractivity contribution in [1.82, 2.24) is 0 Å². The molecular weight excluding hydrogens is 119 g/mol. The van der Waals surface area contributed by atoms with Gasteiger partial charge in [-0.3, -0.25) is 0 Å². The van der Waals surface area contributed by atoms with Gasteiger partial charge < -0.3 is 5.11 Å². The molecule has 2 heteroatoms. The van der Waals surface area contributed by atoms with Crippen LogP contribution < -0.4 is 0 Å². The number of aliphatic hydroxyl groups is 1. The molecule has 0 aromatic carbocycles. The molecule has 0 amide bonds. The van der Waals surface area contributed by atoms with E-state index in [0.29, 0.717) is 18.8 Å². The highest BCUT2D eigenvalue weighted by Crippen LogP contribution is 2.25. The molecule has 0 spiro atoms. The van der Waals surface area contributed by atoms with Crippen LogP contribution in [0.15, 0.2) is 0 Å². The maximum atomic E-state index is 12.5. The smallest absolute Gasteiger partial charge is 0.103 e. The fraction of sp³-hybridized carbons (Fsp3) is 1.00. The normalized spacial score (nSPS) is 45.0. The maximum Gasteiger partial charge on any atom is 0.103 e. The Morgan fingerprint density at radius 2 is 2.00 bits per heavy atom. The molecule has 1 N–H and O–H groups in total. The van der Waals surface area contributed by atoms with E-state index in [0.717, 1.165) is 6.42 Å². The number of hydrogen-bond acceptors (Lipinski definition) is 1. The summed E-state index contributed by atoms with van der Waals surface area (Å²) in [6, 6.07) is 0. The van der Waals surface area contributed by atoms with E-state index >= 15 is 0 Å². The molecule has 1 aliphatic carbocycles. The van der Waals surface area contributed by atoms with E-state index in [4.69, 9.17) is 5.11 Å². The molecule has 0 aromatic rings. The molecule has 1 fully saturated rings. The molecule has 1 nitrogen and oxygen atoms in total. The van der Waals surface area contributed by atoms with Crippen LogP contribution in [0.2, 0.25) is 0 Å².